The molecule has 3 aromatic rings. The number of aryl methyl sites for hydroxylation is 1. The zero-order valence-corrected chi connectivity index (χ0v) is 13.6. The molecule has 0 fully saturated rings. The van der Waals surface area contributed by atoms with Crippen molar-refractivity contribution in [3.05, 3.63) is 59.7 Å². The van der Waals surface area contributed by atoms with Gasteiger partial charge >= 0.3 is 5.97 Å². The second-order valence-corrected chi connectivity index (χ2v) is 6.16. The van der Waals surface area contributed by atoms with Crippen molar-refractivity contribution in [1.82, 2.24) is 10.3 Å². The summed E-state index contributed by atoms with van der Waals surface area (Å²) < 4.78 is 4.74. The SMILES string of the molecule is COC(=O)CNC1CCc2c(-c3ccccc3)[nH]c3cccc1c23. The molecule has 0 bridgehead atoms. The molecule has 24 heavy (non-hydrogen) atoms. The zero-order chi connectivity index (χ0) is 16.5. The average Bonchev–Trinajstić information content (AvgIpc) is 3.02. The van der Waals surface area contributed by atoms with E-state index in [9.17, 15) is 4.79 Å². The van der Waals surface area contributed by atoms with Gasteiger partial charge in [0.1, 0.15) is 0 Å². The number of methoxy groups -OCH3 is 1. The van der Waals surface area contributed by atoms with Gasteiger partial charge in [0.25, 0.3) is 0 Å². The lowest BCUT2D eigenvalue weighted by Crippen LogP contribution is -2.30. The summed E-state index contributed by atoms with van der Waals surface area (Å²) in [5.74, 6) is -0.230. The number of benzene rings is 2. The molecular weight excluding hydrogens is 300 g/mol. The predicted octanol–water partition coefficient (Wildman–Crippen LogP) is 3.58. The fourth-order valence-corrected chi connectivity index (χ4v) is 3.67. The number of esters is 1. The van der Waals surface area contributed by atoms with Gasteiger partial charge in [-0.25, -0.2) is 0 Å². The Bertz CT molecular complexity index is 883. The molecule has 1 atom stereocenters. The highest BCUT2D eigenvalue weighted by atomic mass is 16.5. The number of carbonyl (C=O) groups is 1. The zero-order valence-electron chi connectivity index (χ0n) is 13.6. The van der Waals surface area contributed by atoms with Crippen LogP contribution in [0.2, 0.25) is 0 Å². The molecule has 0 saturated carbocycles. The average molecular weight is 320 g/mol. The molecule has 0 aliphatic heterocycles. The number of H-pyrrole nitrogens is 1. The summed E-state index contributed by atoms with van der Waals surface area (Å²) >= 11 is 0. The highest BCUT2D eigenvalue weighted by Crippen LogP contribution is 2.40. The molecule has 1 unspecified atom stereocenters. The number of carbonyl (C=O) groups excluding carboxylic acids is 1. The molecule has 4 heteroatoms. The Morgan fingerprint density at radius 3 is 2.83 bits per heavy atom. The van der Waals surface area contributed by atoms with Gasteiger partial charge in [-0.15, -0.1) is 0 Å². The first-order valence-corrected chi connectivity index (χ1v) is 8.27. The Morgan fingerprint density at radius 2 is 2.04 bits per heavy atom. The minimum atomic E-state index is -0.230. The molecule has 2 aromatic carbocycles. The minimum absolute atomic E-state index is 0.180. The normalized spacial score (nSPS) is 16.3. The van der Waals surface area contributed by atoms with Crippen LogP contribution in [0.5, 0.6) is 0 Å². The van der Waals surface area contributed by atoms with Gasteiger partial charge in [0, 0.05) is 22.6 Å². The first kappa shape index (κ1) is 15.0. The summed E-state index contributed by atoms with van der Waals surface area (Å²) in [5.41, 5.74) is 6.23. The maximum absolute atomic E-state index is 11.4. The van der Waals surface area contributed by atoms with Crippen LogP contribution >= 0.6 is 0 Å². The molecule has 4 rings (SSSR count). The van der Waals surface area contributed by atoms with Crippen LogP contribution in [-0.4, -0.2) is 24.6 Å². The van der Waals surface area contributed by atoms with E-state index >= 15 is 0 Å². The van der Waals surface area contributed by atoms with Crippen LogP contribution in [0, 0.1) is 0 Å². The van der Waals surface area contributed by atoms with Crippen molar-refractivity contribution >= 4 is 16.9 Å². The summed E-state index contributed by atoms with van der Waals surface area (Å²) in [6.07, 6.45) is 1.96. The van der Waals surface area contributed by atoms with Crippen LogP contribution in [0.4, 0.5) is 0 Å². The topological polar surface area (TPSA) is 54.1 Å². The third kappa shape index (κ3) is 2.49. The van der Waals surface area contributed by atoms with Crippen LogP contribution in [-0.2, 0) is 16.0 Å². The number of rotatable bonds is 4. The van der Waals surface area contributed by atoms with E-state index in [0.717, 1.165) is 18.4 Å². The molecule has 1 aliphatic carbocycles. The van der Waals surface area contributed by atoms with Gasteiger partial charge in [-0.3, -0.25) is 4.79 Å². The highest BCUT2D eigenvalue weighted by Gasteiger charge is 2.25. The van der Waals surface area contributed by atoms with Gasteiger partial charge in [-0.1, -0.05) is 42.5 Å². The Hall–Kier alpha value is -2.59. The first-order chi connectivity index (χ1) is 11.8. The number of nitrogens with one attached hydrogen (secondary N) is 2. The minimum Gasteiger partial charge on any atom is -0.468 e. The summed E-state index contributed by atoms with van der Waals surface area (Å²) in [6, 6.07) is 17.0. The predicted molar refractivity (Wildman–Crippen MR) is 94.8 cm³/mol. The third-order valence-corrected chi connectivity index (χ3v) is 4.80. The largest absolute Gasteiger partial charge is 0.468 e. The second-order valence-electron chi connectivity index (χ2n) is 6.16. The molecule has 0 saturated heterocycles. The molecule has 2 N–H and O–H groups in total. The third-order valence-electron chi connectivity index (χ3n) is 4.80. The standard InChI is InChI=1S/C20H20N2O2/c1-24-18(23)12-21-16-11-10-15-19-14(16)8-5-9-17(19)22-20(15)13-6-3-2-4-7-13/h2-9,16,21-22H,10-12H2,1H3. The number of aromatic amines is 1. The summed E-state index contributed by atoms with van der Waals surface area (Å²) in [4.78, 5) is 15.0. The lowest BCUT2D eigenvalue weighted by molar-refractivity contribution is -0.139. The second kappa shape index (κ2) is 6.13. The molecule has 1 aliphatic rings. The molecular formula is C20H20N2O2. The number of hydrogen-bond acceptors (Lipinski definition) is 3. The van der Waals surface area contributed by atoms with Gasteiger partial charge < -0.3 is 15.0 Å². The molecule has 1 heterocycles. The van der Waals surface area contributed by atoms with Gasteiger partial charge in [0.05, 0.1) is 13.7 Å². The fourth-order valence-electron chi connectivity index (χ4n) is 3.67. The van der Waals surface area contributed by atoms with Crippen molar-refractivity contribution in [2.45, 2.75) is 18.9 Å². The molecule has 1 aromatic heterocycles. The lowest BCUT2D eigenvalue weighted by atomic mass is 9.87. The van der Waals surface area contributed by atoms with Crippen molar-refractivity contribution in [3.8, 4) is 11.3 Å². The van der Waals surface area contributed by atoms with Crippen LogP contribution in [0.15, 0.2) is 48.5 Å². The van der Waals surface area contributed by atoms with Crippen LogP contribution in [0.1, 0.15) is 23.6 Å². The monoisotopic (exact) mass is 320 g/mol. The summed E-state index contributed by atoms with van der Waals surface area (Å²) in [7, 11) is 1.42. The van der Waals surface area contributed by atoms with Crippen molar-refractivity contribution in [2.24, 2.45) is 0 Å². The van der Waals surface area contributed by atoms with Crippen molar-refractivity contribution in [1.29, 1.82) is 0 Å². The Balaban J connectivity index is 1.76. The maximum atomic E-state index is 11.4. The van der Waals surface area contributed by atoms with Crippen LogP contribution in [0.25, 0.3) is 22.2 Å². The van der Waals surface area contributed by atoms with Crippen LogP contribution < -0.4 is 5.32 Å². The van der Waals surface area contributed by atoms with E-state index in [0.29, 0.717) is 0 Å². The lowest BCUT2D eigenvalue weighted by Gasteiger charge is -2.24. The van der Waals surface area contributed by atoms with Gasteiger partial charge in [0.2, 0.25) is 0 Å². The summed E-state index contributed by atoms with van der Waals surface area (Å²) in [6.45, 7) is 0.239. The van der Waals surface area contributed by atoms with Crippen molar-refractivity contribution < 1.29 is 9.53 Å². The van der Waals surface area contributed by atoms with Crippen molar-refractivity contribution in [2.75, 3.05) is 13.7 Å². The van der Waals surface area contributed by atoms with E-state index in [1.165, 1.54) is 34.9 Å². The number of aromatic nitrogens is 1. The molecule has 0 radical (unpaired) electrons. The molecule has 0 spiro atoms. The smallest absolute Gasteiger partial charge is 0.319 e. The van der Waals surface area contributed by atoms with E-state index < -0.39 is 0 Å². The van der Waals surface area contributed by atoms with E-state index in [2.05, 4.69) is 52.8 Å². The quantitative estimate of drug-likeness (QED) is 0.722. The van der Waals surface area contributed by atoms with Gasteiger partial charge in [-0.2, -0.15) is 0 Å². The van der Waals surface area contributed by atoms with E-state index in [4.69, 9.17) is 4.74 Å². The van der Waals surface area contributed by atoms with Crippen molar-refractivity contribution in [3.63, 3.8) is 0 Å². The van der Waals surface area contributed by atoms with E-state index in [-0.39, 0.29) is 18.6 Å². The summed E-state index contributed by atoms with van der Waals surface area (Å²) in [5, 5.41) is 4.63. The number of hydrogen-bond donors (Lipinski definition) is 2. The highest BCUT2D eigenvalue weighted by molar-refractivity contribution is 5.94. The molecule has 4 nitrogen and oxygen atoms in total. The first-order valence-electron chi connectivity index (χ1n) is 8.27. The molecule has 0 amide bonds. The Kier molecular flexibility index (Phi) is 3.82. The van der Waals surface area contributed by atoms with Gasteiger partial charge in [0.15, 0.2) is 0 Å². The van der Waals surface area contributed by atoms with Gasteiger partial charge in [-0.05, 0) is 35.6 Å². The Labute approximate surface area is 140 Å². The molecule has 122 valence electrons. The van der Waals surface area contributed by atoms with E-state index in [1.807, 2.05) is 6.07 Å². The fraction of sp³-hybridized carbons (Fsp3) is 0.250. The van der Waals surface area contributed by atoms with E-state index in [1.54, 1.807) is 0 Å². The maximum Gasteiger partial charge on any atom is 0.319 e. The van der Waals surface area contributed by atoms with Crippen LogP contribution in [0.3, 0.4) is 0 Å². The Morgan fingerprint density at radius 1 is 1.21 bits per heavy atom. The number of ether oxygens (including phenoxy) is 1.